The standard InChI is InChI=1S/C7H13NO3/c1-8-6(9)4-3-5-7(10)11-2/h3-5H2,1-2H3,(H,8,9). The van der Waals surface area contributed by atoms with Gasteiger partial charge in [0.1, 0.15) is 0 Å². The van der Waals surface area contributed by atoms with Crippen LogP contribution in [0.4, 0.5) is 0 Å². The zero-order chi connectivity index (χ0) is 8.69. The smallest absolute Gasteiger partial charge is 0.305 e. The molecular weight excluding hydrogens is 146 g/mol. The fourth-order valence-electron chi connectivity index (χ4n) is 0.620. The van der Waals surface area contributed by atoms with E-state index in [-0.39, 0.29) is 11.9 Å². The van der Waals surface area contributed by atoms with Crippen LogP contribution in [-0.2, 0) is 14.3 Å². The Morgan fingerprint density at radius 2 is 2.00 bits per heavy atom. The van der Waals surface area contributed by atoms with Gasteiger partial charge in [-0.05, 0) is 6.42 Å². The lowest BCUT2D eigenvalue weighted by atomic mass is 10.2. The number of esters is 1. The zero-order valence-electron chi connectivity index (χ0n) is 6.85. The van der Waals surface area contributed by atoms with E-state index >= 15 is 0 Å². The predicted molar refractivity (Wildman–Crippen MR) is 39.9 cm³/mol. The van der Waals surface area contributed by atoms with E-state index in [1.807, 2.05) is 0 Å². The summed E-state index contributed by atoms with van der Waals surface area (Å²) in [5.41, 5.74) is 0. The minimum Gasteiger partial charge on any atom is -0.469 e. The van der Waals surface area contributed by atoms with Gasteiger partial charge in [0.05, 0.1) is 7.11 Å². The third-order valence-corrected chi connectivity index (χ3v) is 1.29. The number of nitrogens with one attached hydrogen (secondary N) is 1. The summed E-state index contributed by atoms with van der Waals surface area (Å²) in [6, 6.07) is 0. The lowest BCUT2D eigenvalue weighted by Crippen LogP contribution is -2.17. The van der Waals surface area contributed by atoms with Crippen molar-refractivity contribution in [3.8, 4) is 0 Å². The van der Waals surface area contributed by atoms with Crippen molar-refractivity contribution in [1.82, 2.24) is 5.32 Å². The van der Waals surface area contributed by atoms with E-state index < -0.39 is 0 Å². The van der Waals surface area contributed by atoms with Crippen molar-refractivity contribution < 1.29 is 14.3 Å². The van der Waals surface area contributed by atoms with Crippen LogP contribution in [0.1, 0.15) is 19.3 Å². The SMILES string of the molecule is CNC(=O)CCCC(=O)OC. The molecule has 0 fully saturated rings. The van der Waals surface area contributed by atoms with Gasteiger partial charge in [0.15, 0.2) is 0 Å². The molecule has 0 heterocycles. The Morgan fingerprint density at radius 3 is 2.45 bits per heavy atom. The van der Waals surface area contributed by atoms with E-state index in [1.54, 1.807) is 7.05 Å². The van der Waals surface area contributed by atoms with Crippen LogP contribution in [0, 0.1) is 0 Å². The number of ether oxygens (including phenoxy) is 1. The van der Waals surface area contributed by atoms with Gasteiger partial charge >= 0.3 is 5.97 Å². The van der Waals surface area contributed by atoms with Crippen LogP contribution in [0.5, 0.6) is 0 Å². The molecule has 0 aromatic heterocycles. The minimum atomic E-state index is -0.270. The van der Waals surface area contributed by atoms with Crippen LogP contribution in [-0.4, -0.2) is 26.0 Å². The molecule has 0 aliphatic heterocycles. The third kappa shape index (κ3) is 5.39. The quantitative estimate of drug-likeness (QED) is 0.591. The molecule has 4 nitrogen and oxygen atoms in total. The molecule has 0 saturated heterocycles. The maximum absolute atomic E-state index is 10.6. The van der Waals surface area contributed by atoms with Gasteiger partial charge in [-0.25, -0.2) is 0 Å². The Morgan fingerprint density at radius 1 is 1.36 bits per heavy atom. The molecule has 0 radical (unpaired) electrons. The van der Waals surface area contributed by atoms with Crippen molar-refractivity contribution in [2.45, 2.75) is 19.3 Å². The van der Waals surface area contributed by atoms with Crippen molar-refractivity contribution in [3.63, 3.8) is 0 Å². The predicted octanol–water partition coefficient (Wildman–Crippen LogP) is 0.0757. The van der Waals surface area contributed by atoms with Crippen molar-refractivity contribution in [2.24, 2.45) is 0 Å². The number of methoxy groups -OCH3 is 1. The maximum Gasteiger partial charge on any atom is 0.305 e. The van der Waals surface area contributed by atoms with Gasteiger partial charge in [-0.2, -0.15) is 0 Å². The fourth-order valence-corrected chi connectivity index (χ4v) is 0.620. The van der Waals surface area contributed by atoms with Gasteiger partial charge in [0.2, 0.25) is 5.91 Å². The highest BCUT2D eigenvalue weighted by molar-refractivity contribution is 5.76. The molecule has 0 unspecified atom stereocenters. The van der Waals surface area contributed by atoms with Gasteiger partial charge in [0.25, 0.3) is 0 Å². The Labute approximate surface area is 65.9 Å². The molecular formula is C7H13NO3. The first-order valence-electron chi connectivity index (χ1n) is 3.48. The third-order valence-electron chi connectivity index (χ3n) is 1.29. The molecule has 0 aliphatic carbocycles. The van der Waals surface area contributed by atoms with E-state index in [0.29, 0.717) is 19.3 Å². The molecule has 64 valence electrons. The monoisotopic (exact) mass is 159 g/mol. The highest BCUT2D eigenvalue weighted by atomic mass is 16.5. The van der Waals surface area contributed by atoms with Crippen molar-refractivity contribution in [1.29, 1.82) is 0 Å². The van der Waals surface area contributed by atoms with Crippen LogP contribution in [0.2, 0.25) is 0 Å². The van der Waals surface area contributed by atoms with Gasteiger partial charge in [-0.15, -0.1) is 0 Å². The summed E-state index contributed by atoms with van der Waals surface area (Å²) in [5.74, 6) is -0.317. The highest BCUT2D eigenvalue weighted by Gasteiger charge is 2.02. The lowest BCUT2D eigenvalue weighted by molar-refractivity contribution is -0.140. The molecule has 0 saturated carbocycles. The van der Waals surface area contributed by atoms with E-state index in [1.165, 1.54) is 7.11 Å². The molecule has 0 rings (SSSR count). The first-order chi connectivity index (χ1) is 5.20. The summed E-state index contributed by atoms with van der Waals surface area (Å²) in [6.07, 6.45) is 1.24. The lowest BCUT2D eigenvalue weighted by Gasteiger charge is -1.98. The highest BCUT2D eigenvalue weighted by Crippen LogP contribution is 1.96. The summed E-state index contributed by atoms with van der Waals surface area (Å²) in [4.78, 5) is 21.1. The Kier molecular flexibility index (Phi) is 5.15. The number of carbonyl (C=O) groups excluding carboxylic acids is 2. The average molecular weight is 159 g/mol. The molecule has 4 heteroatoms. The Balaban J connectivity index is 3.27. The summed E-state index contributed by atoms with van der Waals surface area (Å²) in [7, 11) is 2.91. The Hall–Kier alpha value is -1.06. The summed E-state index contributed by atoms with van der Waals surface area (Å²) in [5, 5.41) is 2.47. The summed E-state index contributed by atoms with van der Waals surface area (Å²) < 4.78 is 4.40. The molecule has 0 aromatic carbocycles. The summed E-state index contributed by atoms with van der Waals surface area (Å²) >= 11 is 0. The molecule has 0 bridgehead atoms. The average Bonchev–Trinajstić information content (AvgIpc) is 2.04. The molecule has 1 N–H and O–H groups in total. The van der Waals surface area contributed by atoms with E-state index in [4.69, 9.17) is 0 Å². The van der Waals surface area contributed by atoms with Gasteiger partial charge in [-0.3, -0.25) is 9.59 Å². The van der Waals surface area contributed by atoms with Crippen LogP contribution in [0.15, 0.2) is 0 Å². The Bertz CT molecular complexity index is 129. The second kappa shape index (κ2) is 5.70. The summed E-state index contributed by atoms with van der Waals surface area (Å²) in [6.45, 7) is 0. The number of carbonyl (C=O) groups is 2. The van der Waals surface area contributed by atoms with E-state index in [0.717, 1.165) is 0 Å². The minimum absolute atomic E-state index is 0.0473. The second-order valence-electron chi connectivity index (χ2n) is 2.10. The van der Waals surface area contributed by atoms with Crippen LogP contribution < -0.4 is 5.32 Å². The number of hydrogen-bond donors (Lipinski definition) is 1. The maximum atomic E-state index is 10.6. The first kappa shape index (κ1) is 9.94. The van der Waals surface area contributed by atoms with Crippen molar-refractivity contribution in [2.75, 3.05) is 14.2 Å². The van der Waals surface area contributed by atoms with E-state index in [2.05, 4.69) is 10.1 Å². The second-order valence-corrected chi connectivity index (χ2v) is 2.10. The van der Waals surface area contributed by atoms with Crippen molar-refractivity contribution >= 4 is 11.9 Å². The fraction of sp³-hybridized carbons (Fsp3) is 0.714. The van der Waals surface area contributed by atoms with Crippen LogP contribution in [0.3, 0.4) is 0 Å². The largest absolute Gasteiger partial charge is 0.469 e. The normalized spacial score (nSPS) is 8.91. The number of hydrogen-bond acceptors (Lipinski definition) is 3. The van der Waals surface area contributed by atoms with Gasteiger partial charge < -0.3 is 10.1 Å². The van der Waals surface area contributed by atoms with E-state index in [9.17, 15) is 9.59 Å². The topological polar surface area (TPSA) is 55.4 Å². The molecule has 1 amide bonds. The van der Waals surface area contributed by atoms with Gasteiger partial charge in [-0.1, -0.05) is 0 Å². The van der Waals surface area contributed by atoms with Crippen LogP contribution in [0.25, 0.3) is 0 Å². The molecule has 0 spiro atoms. The molecule has 0 aliphatic rings. The molecule has 0 atom stereocenters. The number of amides is 1. The van der Waals surface area contributed by atoms with Gasteiger partial charge in [0, 0.05) is 19.9 Å². The molecule has 0 aromatic rings. The van der Waals surface area contributed by atoms with Crippen LogP contribution >= 0.6 is 0 Å². The molecule has 11 heavy (non-hydrogen) atoms. The number of rotatable bonds is 4. The first-order valence-corrected chi connectivity index (χ1v) is 3.48. The van der Waals surface area contributed by atoms with Crippen molar-refractivity contribution in [3.05, 3.63) is 0 Å². The zero-order valence-corrected chi connectivity index (χ0v) is 6.85.